The Bertz CT molecular complexity index is 569. The number of para-hydroxylation sites is 1. The highest BCUT2D eigenvalue weighted by molar-refractivity contribution is 8.26. The highest BCUT2D eigenvalue weighted by Gasteiger charge is 2.29. The Morgan fingerprint density at radius 1 is 1.32 bits per heavy atom. The molecule has 1 aliphatic heterocycles. The van der Waals surface area contributed by atoms with Gasteiger partial charge in [-0.1, -0.05) is 36.1 Å². The first-order valence-corrected chi connectivity index (χ1v) is 6.73. The molecule has 0 bridgehead atoms. The summed E-state index contributed by atoms with van der Waals surface area (Å²) in [4.78, 5) is 14.0. The van der Waals surface area contributed by atoms with Gasteiger partial charge in [0, 0.05) is 12.6 Å². The van der Waals surface area contributed by atoms with Gasteiger partial charge in [0.1, 0.15) is 4.32 Å². The van der Waals surface area contributed by atoms with Crippen LogP contribution in [0.4, 0.5) is 0 Å². The summed E-state index contributed by atoms with van der Waals surface area (Å²) in [6, 6.07) is 5.52. The number of hydrogen-bond acceptors (Lipinski definition) is 5. The lowest BCUT2D eigenvalue weighted by molar-refractivity contribution is -0.121. The summed E-state index contributed by atoms with van der Waals surface area (Å²) in [6.07, 6.45) is 1.77. The molecule has 1 heterocycles. The summed E-state index contributed by atoms with van der Waals surface area (Å²) in [6.45, 7) is 0. The van der Waals surface area contributed by atoms with Gasteiger partial charge in [-0.2, -0.15) is 0 Å². The number of thioether (sulfide) groups is 1. The van der Waals surface area contributed by atoms with E-state index in [1.165, 1.54) is 16.7 Å². The minimum Gasteiger partial charge on any atom is -0.493 e. The Balaban J connectivity index is 2.44. The van der Waals surface area contributed by atoms with Gasteiger partial charge in [-0.15, -0.1) is 0 Å². The number of amides is 1. The third-order valence-corrected chi connectivity index (χ3v) is 4.19. The number of thiocarbonyl (C=S) groups is 1. The number of benzene rings is 1. The van der Waals surface area contributed by atoms with E-state index in [1.54, 1.807) is 33.4 Å². The number of carbonyl (C=O) groups excluding carboxylic acids is 1. The standard InChI is InChI=1S/C13H13NO3S2/c1-14-12(15)10(19-13(14)18)7-8-5-4-6-9(16-2)11(8)17-3/h4-7H,1-3H3/b10-7-. The maximum absolute atomic E-state index is 12.0. The van der Waals surface area contributed by atoms with E-state index in [-0.39, 0.29) is 5.91 Å². The fourth-order valence-electron chi connectivity index (χ4n) is 1.71. The molecule has 4 nitrogen and oxygen atoms in total. The molecule has 0 N–H and O–H groups in total. The average molecular weight is 295 g/mol. The molecule has 6 heteroatoms. The normalized spacial score (nSPS) is 17.2. The lowest BCUT2D eigenvalue weighted by Gasteiger charge is -2.10. The molecule has 19 heavy (non-hydrogen) atoms. The molecule has 2 rings (SSSR count). The predicted molar refractivity (Wildman–Crippen MR) is 80.5 cm³/mol. The average Bonchev–Trinajstić information content (AvgIpc) is 2.66. The Labute approximate surface area is 121 Å². The summed E-state index contributed by atoms with van der Waals surface area (Å²) in [5.41, 5.74) is 0.788. The molecule has 0 atom stereocenters. The van der Waals surface area contributed by atoms with Crippen LogP contribution in [0, 0.1) is 0 Å². The number of ether oxygens (including phenoxy) is 2. The van der Waals surface area contributed by atoms with Crippen molar-refractivity contribution >= 4 is 40.3 Å². The zero-order valence-electron chi connectivity index (χ0n) is 10.8. The Hall–Kier alpha value is -1.53. The minimum absolute atomic E-state index is 0.0973. The largest absolute Gasteiger partial charge is 0.493 e. The molecule has 1 aromatic rings. The summed E-state index contributed by atoms with van der Waals surface area (Å²) in [7, 11) is 4.81. The van der Waals surface area contributed by atoms with Crippen molar-refractivity contribution in [2.45, 2.75) is 0 Å². The minimum atomic E-state index is -0.0973. The summed E-state index contributed by atoms with van der Waals surface area (Å²) in [5, 5.41) is 0. The molecule has 0 aliphatic carbocycles. The first-order valence-electron chi connectivity index (χ1n) is 5.51. The van der Waals surface area contributed by atoms with Crippen LogP contribution in [0.15, 0.2) is 23.1 Å². The number of nitrogens with zero attached hydrogens (tertiary/aromatic N) is 1. The molecular weight excluding hydrogens is 282 g/mol. The van der Waals surface area contributed by atoms with Crippen LogP contribution in [-0.4, -0.2) is 36.4 Å². The van der Waals surface area contributed by atoms with E-state index in [2.05, 4.69) is 0 Å². The van der Waals surface area contributed by atoms with Gasteiger partial charge in [-0.3, -0.25) is 9.69 Å². The van der Waals surface area contributed by atoms with E-state index in [9.17, 15) is 4.79 Å². The third kappa shape index (κ3) is 2.59. The third-order valence-electron chi connectivity index (χ3n) is 2.71. The lowest BCUT2D eigenvalue weighted by Crippen LogP contribution is -2.22. The van der Waals surface area contributed by atoms with Crippen LogP contribution < -0.4 is 9.47 Å². The molecule has 1 fully saturated rings. The Kier molecular flexibility index (Phi) is 4.11. The van der Waals surface area contributed by atoms with Crippen molar-refractivity contribution in [3.8, 4) is 11.5 Å². The van der Waals surface area contributed by atoms with Crippen LogP contribution in [0.3, 0.4) is 0 Å². The maximum Gasteiger partial charge on any atom is 0.265 e. The van der Waals surface area contributed by atoms with Gasteiger partial charge in [0.2, 0.25) is 0 Å². The molecular formula is C13H13NO3S2. The van der Waals surface area contributed by atoms with Gasteiger partial charge in [-0.25, -0.2) is 0 Å². The first kappa shape index (κ1) is 13.9. The van der Waals surface area contributed by atoms with Crippen molar-refractivity contribution in [1.82, 2.24) is 4.90 Å². The van der Waals surface area contributed by atoms with Crippen molar-refractivity contribution in [2.75, 3.05) is 21.3 Å². The van der Waals surface area contributed by atoms with E-state index >= 15 is 0 Å². The quantitative estimate of drug-likeness (QED) is 0.633. The van der Waals surface area contributed by atoms with Gasteiger partial charge in [0.05, 0.1) is 19.1 Å². The molecule has 1 aliphatic rings. The fraction of sp³-hybridized carbons (Fsp3) is 0.231. The number of hydrogen-bond donors (Lipinski definition) is 0. The smallest absolute Gasteiger partial charge is 0.265 e. The van der Waals surface area contributed by atoms with E-state index in [0.717, 1.165) is 5.56 Å². The van der Waals surface area contributed by atoms with Gasteiger partial charge < -0.3 is 9.47 Å². The van der Waals surface area contributed by atoms with Crippen molar-refractivity contribution in [3.63, 3.8) is 0 Å². The zero-order chi connectivity index (χ0) is 14.0. The molecule has 1 amide bonds. The van der Waals surface area contributed by atoms with Crippen LogP contribution in [0.25, 0.3) is 6.08 Å². The van der Waals surface area contributed by atoms with Crippen molar-refractivity contribution < 1.29 is 14.3 Å². The Morgan fingerprint density at radius 3 is 2.58 bits per heavy atom. The first-order chi connectivity index (χ1) is 9.08. The SMILES string of the molecule is COc1cccc(/C=C2\SC(=S)N(C)C2=O)c1OC. The van der Waals surface area contributed by atoms with Crippen LogP contribution in [-0.2, 0) is 4.79 Å². The van der Waals surface area contributed by atoms with E-state index in [0.29, 0.717) is 20.7 Å². The van der Waals surface area contributed by atoms with Crippen LogP contribution in [0.1, 0.15) is 5.56 Å². The van der Waals surface area contributed by atoms with Gasteiger partial charge in [-0.05, 0) is 12.1 Å². The maximum atomic E-state index is 12.0. The summed E-state index contributed by atoms with van der Waals surface area (Å²) >= 11 is 6.38. The summed E-state index contributed by atoms with van der Waals surface area (Å²) < 4.78 is 11.1. The number of methoxy groups -OCH3 is 2. The number of rotatable bonds is 3. The second-order valence-electron chi connectivity index (χ2n) is 3.82. The van der Waals surface area contributed by atoms with E-state index in [1.807, 2.05) is 12.1 Å². The van der Waals surface area contributed by atoms with Gasteiger partial charge >= 0.3 is 0 Å². The lowest BCUT2D eigenvalue weighted by atomic mass is 10.1. The number of carbonyl (C=O) groups is 1. The monoisotopic (exact) mass is 295 g/mol. The molecule has 0 saturated carbocycles. The molecule has 1 saturated heterocycles. The zero-order valence-corrected chi connectivity index (χ0v) is 12.4. The topological polar surface area (TPSA) is 38.8 Å². The highest BCUT2D eigenvalue weighted by atomic mass is 32.2. The molecule has 0 radical (unpaired) electrons. The second kappa shape index (κ2) is 5.63. The van der Waals surface area contributed by atoms with Crippen molar-refractivity contribution in [2.24, 2.45) is 0 Å². The molecule has 100 valence electrons. The molecule has 0 spiro atoms. The second-order valence-corrected chi connectivity index (χ2v) is 5.50. The van der Waals surface area contributed by atoms with Crippen molar-refractivity contribution in [1.29, 1.82) is 0 Å². The molecule has 1 aromatic carbocycles. The molecule has 0 unspecified atom stereocenters. The molecule has 0 aromatic heterocycles. The highest BCUT2D eigenvalue weighted by Crippen LogP contribution is 2.36. The van der Waals surface area contributed by atoms with E-state index in [4.69, 9.17) is 21.7 Å². The fourth-order valence-corrected chi connectivity index (χ4v) is 2.88. The Morgan fingerprint density at radius 2 is 2.05 bits per heavy atom. The van der Waals surface area contributed by atoms with Crippen LogP contribution in [0.2, 0.25) is 0 Å². The van der Waals surface area contributed by atoms with Crippen LogP contribution in [0.5, 0.6) is 11.5 Å². The van der Waals surface area contributed by atoms with E-state index < -0.39 is 0 Å². The predicted octanol–water partition coefficient (Wildman–Crippen LogP) is 2.53. The van der Waals surface area contributed by atoms with Crippen molar-refractivity contribution in [3.05, 3.63) is 28.7 Å². The van der Waals surface area contributed by atoms with Gasteiger partial charge in [0.25, 0.3) is 5.91 Å². The van der Waals surface area contributed by atoms with Crippen LogP contribution >= 0.6 is 24.0 Å². The summed E-state index contributed by atoms with van der Waals surface area (Å²) in [5.74, 6) is 1.13. The number of likely N-dealkylation sites (N-methyl/N-ethyl adjacent to an activating group) is 1. The van der Waals surface area contributed by atoms with Gasteiger partial charge in [0.15, 0.2) is 11.5 Å².